The largest absolute Gasteiger partial charge is 0.492 e. The minimum atomic E-state index is -0.808. The monoisotopic (exact) mass is 392 g/mol. The van der Waals surface area contributed by atoms with Crippen LogP contribution in [0.15, 0.2) is 48.5 Å². The van der Waals surface area contributed by atoms with E-state index in [1.165, 1.54) is 23.1 Å². The fraction of sp³-hybridized carbons (Fsp3) is 0.222. The van der Waals surface area contributed by atoms with Gasteiger partial charge < -0.3 is 14.4 Å². The molecule has 142 valence electrons. The predicted molar refractivity (Wildman–Crippen MR) is 98.0 cm³/mol. The summed E-state index contributed by atoms with van der Waals surface area (Å²) in [6.45, 7) is 0.0670. The molecule has 0 aliphatic rings. The molecule has 0 atom stereocenters. The van der Waals surface area contributed by atoms with Crippen molar-refractivity contribution >= 4 is 29.2 Å². The number of nitrogens with zero attached hydrogens (tertiary/aromatic N) is 2. The molecule has 0 spiro atoms. The molecule has 2 aromatic carbocycles. The first-order chi connectivity index (χ1) is 12.9. The second kappa shape index (κ2) is 9.54. The van der Waals surface area contributed by atoms with Gasteiger partial charge in [-0.1, -0.05) is 17.7 Å². The molecule has 2 aromatic rings. The zero-order valence-electron chi connectivity index (χ0n) is 14.5. The summed E-state index contributed by atoms with van der Waals surface area (Å²) in [4.78, 5) is 35.4. The van der Waals surface area contributed by atoms with Crippen LogP contribution in [0.3, 0.4) is 0 Å². The van der Waals surface area contributed by atoms with Crippen LogP contribution in [0.5, 0.6) is 5.75 Å². The lowest BCUT2D eigenvalue weighted by Crippen LogP contribution is -2.34. The Morgan fingerprint density at radius 1 is 1.19 bits per heavy atom. The number of carbonyl (C=O) groups is 2. The first-order valence-electron chi connectivity index (χ1n) is 7.90. The van der Waals surface area contributed by atoms with Gasteiger partial charge in [-0.3, -0.25) is 14.9 Å². The van der Waals surface area contributed by atoms with Crippen molar-refractivity contribution in [3.8, 4) is 5.75 Å². The number of benzene rings is 2. The van der Waals surface area contributed by atoms with E-state index in [0.717, 1.165) is 6.07 Å². The lowest BCUT2D eigenvalue weighted by Gasteiger charge is -2.17. The van der Waals surface area contributed by atoms with Crippen LogP contribution in [0.2, 0.25) is 5.02 Å². The Balaban J connectivity index is 1.77. The second-order valence-corrected chi connectivity index (χ2v) is 5.94. The van der Waals surface area contributed by atoms with Gasteiger partial charge >= 0.3 is 5.97 Å². The molecule has 0 aliphatic heterocycles. The molecule has 0 fully saturated rings. The van der Waals surface area contributed by atoms with Crippen molar-refractivity contribution in [2.24, 2.45) is 0 Å². The Morgan fingerprint density at radius 3 is 2.56 bits per heavy atom. The Morgan fingerprint density at radius 2 is 1.89 bits per heavy atom. The molecule has 0 aromatic heterocycles. The van der Waals surface area contributed by atoms with E-state index in [9.17, 15) is 19.7 Å². The molecule has 0 saturated heterocycles. The maximum absolute atomic E-state index is 12.0. The van der Waals surface area contributed by atoms with Crippen molar-refractivity contribution in [3.63, 3.8) is 0 Å². The molecule has 1 amide bonds. The van der Waals surface area contributed by atoms with Crippen LogP contribution in [0.1, 0.15) is 10.4 Å². The normalized spacial score (nSPS) is 10.1. The first-order valence-corrected chi connectivity index (χ1v) is 8.28. The molecule has 0 saturated carbocycles. The summed E-state index contributed by atoms with van der Waals surface area (Å²) in [6.07, 6.45) is 0. The zero-order chi connectivity index (χ0) is 19.8. The van der Waals surface area contributed by atoms with Crippen molar-refractivity contribution in [2.75, 3.05) is 26.8 Å². The van der Waals surface area contributed by atoms with Gasteiger partial charge in [0.05, 0.1) is 17.0 Å². The summed E-state index contributed by atoms with van der Waals surface area (Å²) < 4.78 is 10.4. The number of hydrogen-bond donors (Lipinski definition) is 0. The molecular weight excluding hydrogens is 376 g/mol. The summed E-state index contributed by atoms with van der Waals surface area (Å²) in [5, 5.41) is 11.3. The van der Waals surface area contributed by atoms with E-state index < -0.39 is 23.4 Å². The minimum Gasteiger partial charge on any atom is -0.492 e. The summed E-state index contributed by atoms with van der Waals surface area (Å²) in [5.74, 6) is -0.608. The smallest absolute Gasteiger partial charge is 0.338 e. The van der Waals surface area contributed by atoms with Gasteiger partial charge in [0.1, 0.15) is 12.4 Å². The number of carbonyl (C=O) groups excluding carboxylic acids is 2. The van der Waals surface area contributed by atoms with Crippen LogP contribution in [0.4, 0.5) is 5.69 Å². The first kappa shape index (κ1) is 20.2. The third kappa shape index (κ3) is 6.27. The standard InChI is InChI=1S/C18H17ClN2O6/c1-20(9-10-26-16-7-5-14(19)6-8-16)17(22)12-27-18(23)13-3-2-4-15(11-13)21(24)25/h2-8,11H,9-10,12H2,1H3. The van der Waals surface area contributed by atoms with Crippen LogP contribution in [0.25, 0.3) is 0 Å². The van der Waals surface area contributed by atoms with E-state index >= 15 is 0 Å². The molecule has 0 unspecified atom stereocenters. The zero-order valence-corrected chi connectivity index (χ0v) is 15.2. The maximum Gasteiger partial charge on any atom is 0.338 e. The van der Waals surface area contributed by atoms with Crippen molar-refractivity contribution in [1.82, 2.24) is 4.90 Å². The van der Waals surface area contributed by atoms with E-state index in [1.807, 2.05) is 0 Å². The fourth-order valence-electron chi connectivity index (χ4n) is 2.02. The number of non-ortho nitro benzene ring substituents is 1. The lowest BCUT2D eigenvalue weighted by atomic mass is 10.2. The average molecular weight is 393 g/mol. The van der Waals surface area contributed by atoms with Gasteiger partial charge in [-0.05, 0) is 30.3 Å². The highest BCUT2D eigenvalue weighted by atomic mass is 35.5. The van der Waals surface area contributed by atoms with Crippen molar-refractivity contribution in [1.29, 1.82) is 0 Å². The number of nitro benzene ring substituents is 1. The van der Waals surface area contributed by atoms with E-state index in [1.54, 1.807) is 31.3 Å². The summed E-state index contributed by atoms with van der Waals surface area (Å²) >= 11 is 5.78. The number of hydrogen-bond acceptors (Lipinski definition) is 6. The molecular formula is C18H17ClN2O6. The Kier molecular flexibility index (Phi) is 7.13. The topological polar surface area (TPSA) is 99.0 Å². The number of nitro groups is 1. The van der Waals surface area contributed by atoms with Crippen molar-refractivity contribution < 1.29 is 24.0 Å². The minimum absolute atomic E-state index is 0.00530. The molecule has 2 rings (SSSR count). The van der Waals surface area contributed by atoms with Gasteiger partial charge in [0.25, 0.3) is 11.6 Å². The van der Waals surface area contributed by atoms with Crippen LogP contribution < -0.4 is 4.74 Å². The lowest BCUT2D eigenvalue weighted by molar-refractivity contribution is -0.384. The quantitative estimate of drug-likeness (QED) is 0.389. The van der Waals surface area contributed by atoms with E-state index in [4.69, 9.17) is 21.1 Å². The maximum atomic E-state index is 12.0. The summed E-state index contributed by atoms with van der Waals surface area (Å²) in [7, 11) is 1.55. The molecule has 0 N–H and O–H groups in total. The Bertz CT molecular complexity index is 825. The van der Waals surface area contributed by atoms with Crippen LogP contribution in [-0.2, 0) is 9.53 Å². The van der Waals surface area contributed by atoms with Crippen molar-refractivity contribution in [2.45, 2.75) is 0 Å². The van der Waals surface area contributed by atoms with E-state index in [0.29, 0.717) is 10.8 Å². The van der Waals surface area contributed by atoms with Gasteiger partial charge in [0, 0.05) is 24.2 Å². The summed E-state index contributed by atoms with van der Waals surface area (Å²) in [6, 6.07) is 11.9. The predicted octanol–water partition coefficient (Wildman–Crippen LogP) is 2.94. The SMILES string of the molecule is CN(CCOc1ccc(Cl)cc1)C(=O)COC(=O)c1cccc([N+](=O)[O-])c1. The van der Waals surface area contributed by atoms with Gasteiger partial charge in [-0.15, -0.1) is 0 Å². The van der Waals surface area contributed by atoms with Crippen molar-refractivity contribution in [3.05, 3.63) is 69.2 Å². The van der Waals surface area contributed by atoms with Gasteiger partial charge in [0.2, 0.25) is 0 Å². The Hall–Kier alpha value is -3.13. The third-order valence-corrected chi connectivity index (χ3v) is 3.81. The van der Waals surface area contributed by atoms with Gasteiger partial charge in [0.15, 0.2) is 6.61 Å². The van der Waals surface area contributed by atoms with Crippen LogP contribution in [0, 0.1) is 10.1 Å². The highest BCUT2D eigenvalue weighted by molar-refractivity contribution is 6.30. The number of likely N-dealkylation sites (N-methyl/N-ethyl adjacent to an activating group) is 1. The van der Waals surface area contributed by atoms with E-state index in [2.05, 4.69) is 0 Å². The van der Waals surface area contributed by atoms with Crippen LogP contribution >= 0.6 is 11.6 Å². The Labute approximate surface area is 160 Å². The average Bonchev–Trinajstić information content (AvgIpc) is 2.67. The molecule has 8 nitrogen and oxygen atoms in total. The number of esters is 1. The molecule has 0 heterocycles. The fourth-order valence-corrected chi connectivity index (χ4v) is 2.15. The summed E-state index contributed by atoms with van der Waals surface area (Å²) in [5.41, 5.74) is -0.224. The molecule has 0 bridgehead atoms. The molecule has 0 radical (unpaired) electrons. The second-order valence-electron chi connectivity index (χ2n) is 5.50. The van der Waals surface area contributed by atoms with Crippen LogP contribution in [-0.4, -0.2) is 48.5 Å². The number of amides is 1. The molecule has 0 aliphatic carbocycles. The highest BCUT2D eigenvalue weighted by Gasteiger charge is 2.16. The highest BCUT2D eigenvalue weighted by Crippen LogP contribution is 2.15. The van der Waals surface area contributed by atoms with Gasteiger partial charge in [-0.25, -0.2) is 4.79 Å². The molecule has 27 heavy (non-hydrogen) atoms. The van der Waals surface area contributed by atoms with Gasteiger partial charge in [-0.2, -0.15) is 0 Å². The number of ether oxygens (including phenoxy) is 2. The number of rotatable bonds is 8. The third-order valence-electron chi connectivity index (χ3n) is 3.55. The molecule has 9 heteroatoms. The number of halogens is 1. The van der Waals surface area contributed by atoms with E-state index in [-0.39, 0.29) is 24.4 Å².